The van der Waals surface area contributed by atoms with E-state index >= 15 is 0 Å². The number of hydrogen-bond acceptors (Lipinski definition) is 4. The molecule has 108 valence electrons. The summed E-state index contributed by atoms with van der Waals surface area (Å²) in [4.78, 5) is 8.00. The molecule has 3 nitrogen and oxygen atoms in total. The minimum Gasteiger partial charge on any atom is -0.431 e. The van der Waals surface area contributed by atoms with Crippen molar-refractivity contribution in [2.24, 2.45) is 0 Å². The molecule has 0 N–H and O–H groups in total. The lowest BCUT2D eigenvalue weighted by atomic mass is 10.3. The number of oxazole rings is 1. The average molecular weight is 331 g/mol. The van der Waals surface area contributed by atoms with Gasteiger partial charge in [0.1, 0.15) is 15.7 Å². The van der Waals surface area contributed by atoms with Crippen LogP contribution in [-0.4, -0.2) is 9.97 Å². The third-order valence-corrected chi connectivity index (χ3v) is 3.53. The van der Waals surface area contributed by atoms with E-state index in [4.69, 9.17) is 16.0 Å². The second-order valence-corrected chi connectivity index (χ2v) is 5.42. The van der Waals surface area contributed by atoms with E-state index < -0.39 is 11.7 Å². The second kappa shape index (κ2) is 5.23. The lowest BCUT2D eigenvalue weighted by Crippen LogP contribution is -2.05. The largest absolute Gasteiger partial charge is 0.431 e. The number of rotatable bonds is 2. The van der Waals surface area contributed by atoms with E-state index in [-0.39, 0.29) is 15.4 Å². The summed E-state index contributed by atoms with van der Waals surface area (Å²) >= 11 is 6.51. The molecule has 3 rings (SSSR count). The van der Waals surface area contributed by atoms with Crippen molar-refractivity contribution in [1.29, 1.82) is 0 Å². The second-order valence-electron chi connectivity index (χ2n) is 4.06. The Labute approximate surface area is 126 Å². The SMILES string of the molecule is FC(F)(F)c1cc(Cl)nc(Sc2nc3ccccc3o2)c1. The van der Waals surface area contributed by atoms with Gasteiger partial charge in [0.05, 0.1) is 5.56 Å². The molecule has 21 heavy (non-hydrogen) atoms. The fraction of sp³-hybridized carbons (Fsp3) is 0.0769. The van der Waals surface area contributed by atoms with Crippen LogP contribution in [0, 0.1) is 0 Å². The molecule has 1 aromatic carbocycles. The Morgan fingerprint density at radius 2 is 1.86 bits per heavy atom. The summed E-state index contributed by atoms with van der Waals surface area (Å²) in [6.07, 6.45) is -4.48. The number of halogens is 4. The Morgan fingerprint density at radius 3 is 2.57 bits per heavy atom. The maximum atomic E-state index is 12.7. The molecule has 2 heterocycles. The highest BCUT2D eigenvalue weighted by Crippen LogP contribution is 2.35. The Bertz CT molecular complexity index is 770. The van der Waals surface area contributed by atoms with Crippen LogP contribution in [0.15, 0.2) is 51.1 Å². The van der Waals surface area contributed by atoms with Crippen molar-refractivity contribution < 1.29 is 17.6 Å². The summed E-state index contributed by atoms with van der Waals surface area (Å²) in [5.74, 6) is 0. The van der Waals surface area contributed by atoms with E-state index in [0.29, 0.717) is 11.1 Å². The molecule has 0 unspecified atom stereocenters. The topological polar surface area (TPSA) is 38.9 Å². The highest BCUT2D eigenvalue weighted by Gasteiger charge is 2.31. The predicted octanol–water partition coefficient (Wildman–Crippen LogP) is 5.05. The molecule has 2 aromatic heterocycles. The standard InChI is InChI=1S/C13H6ClF3N2OS/c14-10-5-7(13(15,16)17)6-11(19-10)21-12-18-8-3-1-2-4-9(8)20-12/h1-6H. The molecule has 0 aliphatic carbocycles. The number of hydrogen-bond donors (Lipinski definition) is 0. The van der Waals surface area contributed by atoms with Crippen LogP contribution in [0.5, 0.6) is 0 Å². The van der Waals surface area contributed by atoms with Crippen LogP contribution >= 0.6 is 23.4 Å². The quantitative estimate of drug-likeness (QED) is 0.617. The van der Waals surface area contributed by atoms with Crippen molar-refractivity contribution in [3.05, 3.63) is 47.1 Å². The Balaban J connectivity index is 1.95. The van der Waals surface area contributed by atoms with Crippen molar-refractivity contribution in [1.82, 2.24) is 9.97 Å². The van der Waals surface area contributed by atoms with Crippen LogP contribution in [0.3, 0.4) is 0 Å². The van der Waals surface area contributed by atoms with Gasteiger partial charge in [-0.3, -0.25) is 0 Å². The van der Waals surface area contributed by atoms with Gasteiger partial charge in [0.15, 0.2) is 5.58 Å². The highest BCUT2D eigenvalue weighted by atomic mass is 35.5. The fourth-order valence-electron chi connectivity index (χ4n) is 1.67. The summed E-state index contributed by atoms with van der Waals surface area (Å²) < 4.78 is 43.6. The lowest BCUT2D eigenvalue weighted by Gasteiger charge is -2.07. The van der Waals surface area contributed by atoms with Gasteiger partial charge in [-0.2, -0.15) is 13.2 Å². The third-order valence-electron chi connectivity index (χ3n) is 2.56. The molecule has 3 aromatic rings. The number of para-hydroxylation sites is 2. The molecular formula is C13H6ClF3N2OS. The van der Waals surface area contributed by atoms with E-state index in [2.05, 4.69) is 9.97 Å². The molecule has 0 bridgehead atoms. The maximum absolute atomic E-state index is 12.7. The molecule has 0 radical (unpaired) electrons. The van der Waals surface area contributed by atoms with Gasteiger partial charge in [-0.25, -0.2) is 9.97 Å². The molecule has 8 heteroatoms. The van der Waals surface area contributed by atoms with Crippen molar-refractivity contribution in [2.75, 3.05) is 0 Å². The van der Waals surface area contributed by atoms with Gasteiger partial charge < -0.3 is 4.42 Å². The van der Waals surface area contributed by atoms with Crippen LogP contribution in [0.1, 0.15) is 5.56 Å². The van der Waals surface area contributed by atoms with Gasteiger partial charge >= 0.3 is 6.18 Å². The Morgan fingerprint density at radius 1 is 1.10 bits per heavy atom. The van der Waals surface area contributed by atoms with Crippen LogP contribution in [-0.2, 0) is 6.18 Å². The first-order valence-corrected chi connectivity index (χ1v) is 6.89. The molecule has 0 spiro atoms. The number of benzene rings is 1. The van der Waals surface area contributed by atoms with Crippen LogP contribution in [0.4, 0.5) is 13.2 Å². The van der Waals surface area contributed by atoms with Crippen molar-refractivity contribution in [3.8, 4) is 0 Å². The first kappa shape index (κ1) is 14.2. The monoisotopic (exact) mass is 330 g/mol. The average Bonchev–Trinajstić information content (AvgIpc) is 2.79. The molecule has 0 saturated heterocycles. The van der Waals surface area contributed by atoms with Gasteiger partial charge in [0, 0.05) is 0 Å². The predicted molar refractivity (Wildman–Crippen MR) is 72.4 cm³/mol. The van der Waals surface area contributed by atoms with Crippen LogP contribution in [0.2, 0.25) is 5.15 Å². The third kappa shape index (κ3) is 3.14. The van der Waals surface area contributed by atoms with Crippen molar-refractivity contribution in [2.45, 2.75) is 16.4 Å². The normalized spacial score (nSPS) is 12.0. The van der Waals surface area contributed by atoms with Gasteiger partial charge in [0.25, 0.3) is 5.22 Å². The molecule has 0 aliphatic rings. The van der Waals surface area contributed by atoms with Gasteiger partial charge in [-0.05, 0) is 36.0 Å². The number of fused-ring (bicyclic) bond motifs is 1. The number of pyridine rings is 1. The summed E-state index contributed by atoms with van der Waals surface area (Å²) in [6.45, 7) is 0. The minimum atomic E-state index is -4.48. The molecular weight excluding hydrogens is 325 g/mol. The van der Waals surface area contributed by atoms with E-state index in [1.807, 2.05) is 0 Å². The van der Waals surface area contributed by atoms with Crippen molar-refractivity contribution >= 4 is 34.5 Å². The summed E-state index contributed by atoms with van der Waals surface area (Å²) in [6, 6.07) is 8.72. The number of aromatic nitrogens is 2. The lowest BCUT2D eigenvalue weighted by molar-refractivity contribution is -0.137. The zero-order valence-corrected chi connectivity index (χ0v) is 11.8. The Kier molecular flexibility index (Phi) is 3.54. The number of nitrogens with zero attached hydrogens (tertiary/aromatic N) is 2. The molecule has 0 fully saturated rings. The van der Waals surface area contributed by atoms with Gasteiger partial charge in [-0.1, -0.05) is 23.7 Å². The minimum absolute atomic E-state index is 0.0707. The van der Waals surface area contributed by atoms with E-state index in [1.165, 1.54) is 0 Å². The van der Waals surface area contributed by atoms with Crippen LogP contribution in [0.25, 0.3) is 11.1 Å². The first-order chi connectivity index (χ1) is 9.91. The summed E-state index contributed by atoms with van der Waals surface area (Å²) in [5, 5.41) is 0.0453. The van der Waals surface area contributed by atoms with Gasteiger partial charge in [0.2, 0.25) is 0 Å². The van der Waals surface area contributed by atoms with Crippen LogP contribution < -0.4 is 0 Å². The smallest absolute Gasteiger partial charge is 0.416 e. The summed E-state index contributed by atoms with van der Waals surface area (Å²) in [5.41, 5.74) is 0.317. The molecule has 0 atom stereocenters. The van der Waals surface area contributed by atoms with Crippen molar-refractivity contribution in [3.63, 3.8) is 0 Å². The van der Waals surface area contributed by atoms with E-state index in [1.54, 1.807) is 24.3 Å². The first-order valence-electron chi connectivity index (χ1n) is 5.70. The van der Waals surface area contributed by atoms with E-state index in [0.717, 1.165) is 23.9 Å². The molecule has 0 aliphatic heterocycles. The zero-order valence-electron chi connectivity index (χ0n) is 10.2. The maximum Gasteiger partial charge on any atom is 0.416 e. The zero-order chi connectivity index (χ0) is 15.0. The number of alkyl halides is 3. The van der Waals surface area contributed by atoms with E-state index in [9.17, 15) is 13.2 Å². The fourth-order valence-corrected chi connectivity index (χ4v) is 2.72. The highest BCUT2D eigenvalue weighted by molar-refractivity contribution is 7.99. The summed E-state index contributed by atoms with van der Waals surface area (Å²) in [7, 11) is 0. The van der Waals surface area contributed by atoms with Gasteiger partial charge in [-0.15, -0.1) is 0 Å². The molecule has 0 amide bonds. The molecule has 0 saturated carbocycles. The Hall–Kier alpha value is -1.73.